The van der Waals surface area contributed by atoms with E-state index in [2.05, 4.69) is 5.32 Å². The van der Waals surface area contributed by atoms with Crippen molar-refractivity contribution in [1.82, 2.24) is 5.32 Å². The summed E-state index contributed by atoms with van der Waals surface area (Å²) in [6.45, 7) is 5.14. The van der Waals surface area contributed by atoms with Crippen molar-refractivity contribution in [3.05, 3.63) is 54.1 Å². The number of aryl methyl sites for hydroxylation is 1. The van der Waals surface area contributed by atoms with Gasteiger partial charge in [-0.25, -0.2) is 0 Å². The number of ether oxygens (including phenoxy) is 3. The summed E-state index contributed by atoms with van der Waals surface area (Å²) in [5, 5.41) is 2.44. The zero-order valence-corrected chi connectivity index (χ0v) is 15.2. The Labute approximate surface area is 153 Å². The van der Waals surface area contributed by atoms with E-state index >= 15 is 0 Å². The van der Waals surface area contributed by atoms with Gasteiger partial charge in [-0.3, -0.25) is 9.59 Å². The van der Waals surface area contributed by atoms with Crippen LogP contribution in [0.2, 0.25) is 0 Å². The third kappa shape index (κ3) is 6.84. The van der Waals surface area contributed by atoms with E-state index in [9.17, 15) is 9.59 Å². The van der Waals surface area contributed by atoms with Crippen molar-refractivity contribution in [3.63, 3.8) is 0 Å². The Morgan fingerprint density at radius 2 is 1.46 bits per heavy atom. The third-order valence-electron chi connectivity index (χ3n) is 3.25. The van der Waals surface area contributed by atoms with Crippen molar-refractivity contribution in [2.45, 2.75) is 26.9 Å². The van der Waals surface area contributed by atoms with Crippen LogP contribution in [0.3, 0.4) is 0 Å². The number of amides is 1. The minimum Gasteiger partial charge on any atom is -0.484 e. The Morgan fingerprint density at radius 3 is 2.04 bits per heavy atom. The lowest BCUT2D eigenvalue weighted by atomic mass is 10.2. The maximum Gasteiger partial charge on any atom is 0.325 e. The summed E-state index contributed by atoms with van der Waals surface area (Å²) in [6.07, 6.45) is -0.212. The van der Waals surface area contributed by atoms with Crippen LogP contribution in [0.25, 0.3) is 0 Å². The summed E-state index contributed by atoms with van der Waals surface area (Å²) in [5.41, 5.74) is 1.16. The van der Waals surface area contributed by atoms with Gasteiger partial charge < -0.3 is 19.5 Å². The van der Waals surface area contributed by atoms with Crippen molar-refractivity contribution >= 4 is 11.9 Å². The Balaban J connectivity index is 1.75. The lowest BCUT2D eigenvalue weighted by Crippen LogP contribution is -2.34. The Hall–Kier alpha value is -3.02. The van der Waals surface area contributed by atoms with E-state index in [1.165, 1.54) is 0 Å². The first kappa shape index (κ1) is 19.3. The van der Waals surface area contributed by atoms with Gasteiger partial charge >= 0.3 is 5.97 Å². The van der Waals surface area contributed by atoms with Gasteiger partial charge in [-0.1, -0.05) is 17.7 Å². The van der Waals surface area contributed by atoms with Gasteiger partial charge in [0.25, 0.3) is 5.91 Å². The molecule has 1 amide bonds. The molecule has 0 bridgehead atoms. The summed E-state index contributed by atoms with van der Waals surface area (Å²) in [5.74, 6) is 1.07. The molecular weight excluding hydrogens is 334 g/mol. The standard InChI is InChI=1S/C20H23NO5/c1-14(2)25-20(23)12-21-19(22)13-24-16-8-10-18(11-9-16)26-17-6-4-15(3)5-7-17/h4-11,14H,12-13H2,1-3H3,(H,21,22). The molecule has 0 fully saturated rings. The van der Waals surface area contributed by atoms with E-state index in [0.29, 0.717) is 11.5 Å². The van der Waals surface area contributed by atoms with Gasteiger partial charge in [-0.05, 0) is 57.2 Å². The van der Waals surface area contributed by atoms with Crippen LogP contribution in [0.4, 0.5) is 0 Å². The molecule has 26 heavy (non-hydrogen) atoms. The van der Waals surface area contributed by atoms with E-state index in [1.54, 1.807) is 38.1 Å². The number of nitrogens with one attached hydrogen (secondary N) is 1. The Morgan fingerprint density at radius 1 is 0.923 bits per heavy atom. The highest BCUT2D eigenvalue weighted by atomic mass is 16.5. The lowest BCUT2D eigenvalue weighted by molar-refractivity contribution is -0.147. The Bertz CT molecular complexity index is 723. The van der Waals surface area contributed by atoms with Gasteiger partial charge in [0.05, 0.1) is 6.10 Å². The average Bonchev–Trinajstić information content (AvgIpc) is 2.61. The zero-order valence-electron chi connectivity index (χ0n) is 15.2. The molecule has 2 rings (SSSR count). The minimum atomic E-state index is -0.481. The summed E-state index contributed by atoms with van der Waals surface area (Å²) >= 11 is 0. The van der Waals surface area contributed by atoms with Crippen LogP contribution in [0.5, 0.6) is 17.2 Å². The fourth-order valence-corrected chi connectivity index (χ4v) is 2.02. The number of carbonyl (C=O) groups excluding carboxylic acids is 2. The van der Waals surface area contributed by atoms with Gasteiger partial charge in [0.2, 0.25) is 0 Å². The lowest BCUT2D eigenvalue weighted by Gasteiger charge is -2.10. The van der Waals surface area contributed by atoms with Gasteiger partial charge in [-0.2, -0.15) is 0 Å². The normalized spacial score (nSPS) is 10.3. The highest BCUT2D eigenvalue weighted by molar-refractivity contribution is 5.82. The van der Waals surface area contributed by atoms with E-state index in [0.717, 1.165) is 11.3 Å². The molecule has 0 saturated carbocycles. The monoisotopic (exact) mass is 357 g/mol. The van der Waals surface area contributed by atoms with Crippen molar-refractivity contribution in [2.75, 3.05) is 13.2 Å². The molecule has 0 spiro atoms. The van der Waals surface area contributed by atoms with Crippen molar-refractivity contribution in [2.24, 2.45) is 0 Å². The third-order valence-corrected chi connectivity index (χ3v) is 3.25. The van der Waals surface area contributed by atoms with Gasteiger partial charge in [0.1, 0.15) is 23.8 Å². The number of rotatable bonds is 8. The second-order valence-electron chi connectivity index (χ2n) is 5.99. The van der Waals surface area contributed by atoms with Gasteiger partial charge in [0, 0.05) is 0 Å². The van der Waals surface area contributed by atoms with Crippen LogP contribution in [-0.4, -0.2) is 31.1 Å². The van der Waals surface area contributed by atoms with Crippen LogP contribution >= 0.6 is 0 Å². The molecule has 6 heteroatoms. The molecule has 0 unspecified atom stereocenters. The predicted octanol–water partition coefficient (Wildman–Crippen LogP) is 3.23. The predicted molar refractivity (Wildman–Crippen MR) is 97.4 cm³/mol. The topological polar surface area (TPSA) is 73.9 Å². The molecule has 2 aromatic carbocycles. The number of esters is 1. The second-order valence-corrected chi connectivity index (χ2v) is 5.99. The summed E-state index contributed by atoms with van der Waals surface area (Å²) in [4.78, 5) is 23.0. The molecule has 0 heterocycles. The molecule has 0 aliphatic carbocycles. The number of benzene rings is 2. The first-order chi connectivity index (χ1) is 12.4. The molecule has 6 nitrogen and oxygen atoms in total. The summed E-state index contributed by atoms with van der Waals surface area (Å²) in [7, 11) is 0. The molecule has 0 atom stereocenters. The van der Waals surface area contributed by atoms with E-state index in [-0.39, 0.29) is 19.3 Å². The molecule has 2 aromatic rings. The first-order valence-electron chi connectivity index (χ1n) is 8.36. The highest BCUT2D eigenvalue weighted by Crippen LogP contribution is 2.24. The van der Waals surface area contributed by atoms with E-state index in [4.69, 9.17) is 14.2 Å². The van der Waals surface area contributed by atoms with Crippen LogP contribution in [0.15, 0.2) is 48.5 Å². The molecule has 0 radical (unpaired) electrons. The molecular formula is C20H23NO5. The number of hydrogen-bond acceptors (Lipinski definition) is 5. The van der Waals surface area contributed by atoms with E-state index in [1.807, 2.05) is 31.2 Å². The average molecular weight is 357 g/mol. The second kappa shape index (κ2) is 9.46. The molecule has 0 saturated heterocycles. The molecule has 0 aliphatic rings. The quantitative estimate of drug-likeness (QED) is 0.734. The molecule has 138 valence electrons. The Kier molecular flexibility index (Phi) is 7.02. The SMILES string of the molecule is Cc1ccc(Oc2ccc(OCC(=O)NCC(=O)OC(C)C)cc2)cc1. The molecule has 1 N–H and O–H groups in total. The smallest absolute Gasteiger partial charge is 0.325 e. The highest BCUT2D eigenvalue weighted by Gasteiger charge is 2.09. The van der Waals surface area contributed by atoms with Gasteiger partial charge in [-0.15, -0.1) is 0 Å². The van der Waals surface area contributed by atoms with Crippen molar-refractivity contribution < 1.29 is 23.8 Å². The zero-order chi connectivity index (χ0) is 18.9. The summed E-state index contributed by atoms with van der Waals surface area (Å²) < 4.78 is 16.0. The van der Waals surface area contributed by atoms with Crippen LogP contribution in [-0.2, 0) is 14.3 Å². The molecule has 0 aromatic heterocycles. The maximum atomic E-state index is 11.7. The minimum absolute atomic E-state index is 0.177. The fourth-order valence-electron chi connectivity index (χ4n) is 2.02. The molecule has 0 aliphatic heterocycles. The first-order valence-corrected chi connectivity index (χ1v) is 8.36. The maximum absolute atomic E-state index is 11.7. The van der Waals surface area contributed by atoms with Crippen molar-refractivity contribution in [3.8, 4) is 17.2 Å². The van der Waals surface area contributed by atoms with Gasteiger partial charge in [0.15, 0.2) is 6.61 Å². The largest absolute Gasteiger partial charge is 0.484 e. The van der Waals surface area contributed by atoms with Crippen LogP contribution in [0.1, 0.15) is 19.4 Å². The number of hydrogen-bond donors (Lipinski definition) is 1. The fraction of sp³-hybridized carbons (Fsp3) is 0.300. The number of carbonyl (C=O) groups is 2. The van der Waals surface area contributed by atoms with Crippen LogP contribution < -0.4 is 14.8 Å². The summed E-state index contributed by atoms with van der Waals surface area (Å²) in [6, 6.07) is 14.7. The van der Waals surface area contributed by atoms with E-state index < -0.39 is 11.9 Å². The van der Waals surface area contributed by atoms with Crippen LogP contribution in [0, 0.1) is 6.92 Å². The van der Waals surface area contributed by atoms with Crippen molar-refractivity contribution in [1.29, 1.82) is 0 Å².